The minimum absolute atomic E-state index is 0.843. The van der Waals surface area contributed by atoms with Crippen LogP contribution in [0.2, 0.25) is 0 Å². The molecule has 0 aliphatic carbocycles. The molecule has 0 bridgehead atoms. The minimum atomic E-state index is 0.843. The van der Waals surface area contributed by atoms with Crippen LogP contribution in [0.25, 0.3) is 110 Å². The molecule has 13 aromatic rings. The molecule has 4 heteroatoms. The first kappa shape index (κ1) is 34.5. The van der Waals surface area contributed by atoms with E-state index in [9.17, 15) is 0 Å². The lowest BCUT2D eigenvalue weighted by Crippen LogP contribution is -2.09. The quantitative estimate of drug-likeness (QED) is 0.157. The molecule has 0 amide bonds. The molecule has 0 fully saturated rings. The van der Waals surface area contributed by atoms with Crippen molar-refractivity contribution in [2.24, 2.45) is 0 Å². The SMILES string of the molecule is c1ccc(-c2oc3c4ccc(-c5ccc(N(c6ccc7c(c6)oc6ccccc67)c6ccc7c(c6)oc6ccccc67)cc5)cc4c4ccccc4c3c2-c2ccccc2)cc1. The van der Waals surface area contributed by atoms with Crippen molar-refractivity contribution < 1.29 is 13.3 Å². The summed E-state index contributed by atoms with van der Waals surface area (Å²) in [5, 5.41) is 10.2. The molecule has 0 spiro atoms. The van der Waals surface area contributed by atoms with Crippen molar-refractivity contribution in [3.8, 4) is 33.6 Å². The number of hydrogen-bond donors (Lipinski definition) is 0. The summed E-state index contributed by atoms with van der Waals surface area (Å²) in [7, 11) is 0. The van der Waals surface area contributed by atoms with Gasteiger partial charge in [-0.25, -0.2) is 0 Å². The molecule has 0 atom stereocenters. The minimum Gasteiger partial charge on any atom is -0.456 e. The molecular formula is C58H35NO3. The lowest BCUT2D eigenvalue weighted by molar-refractivity contribution is 0.636. The molecule has 62 heavy (non-hydrogen) atoms. The lowest BCUT2D eigenvalue weighted by Gasteiger charge is -2.25. The standard InChI is InChI=1S/C58H35NO3/c1-3-13-37(14-4-1)55-56-48-20-8-7-17-43(48)50-33-39(25-30-49(50)58(56)62-57(55)38-15-5-2-6-16-38)36-23-26-40(27-24-36)59(41-28-31-46-44-18-9-11-21-51(44)60-53(46)34-41)42-29-32-47-45-19-10-12-22-52(45)61-54(47)35-42/h1-35H. The van der Waals surface area contributed by atoms with Crippen molar-refractivity contribution in [2.45, 2.75) is 0 Å². The fraction of sp³-hybridized carbons (Fsp3) is 0. The average molecular weight is 794 g/mol. The number of anilines is 3. The lowest BCUT2D eigenvalue weighted by atomic mass is 9.91. The Morgan fingerprint density at radius 2 is 0.758 bits per heavy atom. The highest BCUT2D eigenvalue weighted by atomic mass is 16.3. The van der Waals surface area contributed by atoms with Crippen LogP contribution < -0.4 is 4.90 Å². The van der Waals surface area contributed by atoms with Crippen molar-refractivity contribution in [3.63, 3.8) is 0 Å². The van der Waals surface area contributed by atoms with E-state index in [1.165, 1.54) is 10.8 Å². The van der Waals surface area contributed by atoms with Crippen LogP contribution in [0, 0.1) is 0 Å². The monoisotopic (exact) mass is 793 g/mol. The third-order valence-corrected chi connectivity index (χ3v) is 12.5. The van der Waals surface area contributed by atoms with Gasteiger partial charge in [0.1, 0.15) is 33.7 Å². The first-order valence-corrected chi connectivity index (χ1v) is 21.0. The Morgan fingerprint density at radius 3 is 1.39 bits per heavy atom. The van der Waals surface area contributed by atoms with Gasteiger partial charge in [-0.05, 0) is 93.5 Å². The maximum absolute atomic E-state index is 7.00. The molecule has 3 aromatic heterocycles. The molecule has 0 aliphatic heterocycles. The Kier molecular flexibility index (Phi) is 7.57. The summed E-state index contributed by atoms with van der Waals surface area (Å²) in [6, 6.07) is 74.8. The van der Waals surface area contributed by atoms with Gasteiger partial charge in [-0.3, -0.25) is 0 Å². The van der Waals surface area contributed by atoms with Gasteiger partial charge in [0.15, 0.2) is 0 Å². The van der Waals surface area contributed by atoms with E-state index in [4.69, 9.17) is 13.3 Å². The second-order valence-electron chi connectivity index (χ2n) is 16.0. The molecule has 0 N–H and O–H groups in total. The van der Waals surface area contributed by atoms with Crippen molar-refractivity contribution in [1.29, 1.82) is 0 Å². The summed E-state index contributed by atoms with van der Waals surface area (Å²) in [5.74, 6) is 0.882. The molecule has 0 saturated carbocycles. The first-order chi connectivity index (χ1) is 30.7. The Balaban J connectivity index is 0.959. The van der Waals surface area contributed by atoms with Crippen LogP contribution in [0.15, 0.2) is 226 Å². The number of para-hydroxylation sites is 2. The molecule has 3 heterocycles. The smallest absolute Gasteiger partial charge is 0.143 e. The largest absolute Gasteiger partial charge is 0.456 e. The second-order valence-corrected chi connectivity index (χ2v) is 16.0. The number of hydrogen-bond acceptors (Lipinski definition) is 4. The zero-order valence-electron chi connectivity index (χ0n) is 33.4. The third-order valence-electron chi connectivity index (χ3n) is 12.5. The van der Waals surface area contributed by atoms with E-state index >= 15 is 0 Å². The summed E-state index contributed by atoms with van der Waals surface area (Å²) in [5.41, 5.74) is 12.9. The fourth-order valence-electron chi connectivity index (χ4n) is 9.59. The highest BCUT2D eigenvalue weighted by Crippen LogP contribution is 2.48. The van der Waals surface area contributed by atoms with Gasteiger partial charge in [0.05, 0.1) is 0 Å². The molecule has 0 aliphatic rings. The van der Waals surface area contributed by atoms with E-state index in [0.29, 0.717) is 0 Å². The van der Waals surface area contributed by atoms with E-state index in [1.807, 2.05) is 30.3 Å². The van der Waals surface area contributed by atoms with Crippen LogP contribution in [0.3, 0.4) is 0 Å². The molecule has 4 nitrogen and oxygen atoms in total. The van der Waals surface area contributed by atoms with Gasteiger partial charge in [-0.15, -0.1) is 0 Å². The van der Waals surface area contributed by atoms with Crippen molar-refractivity contribution in [3.05, 3.63) is 212 Å². The molecule has 13 rings (SSSR count). The highest BCUT2D eigenvalue weighted by Gasteiger charge is 2.23. The van der Waals surface area contributed by atoms with E-state index < -0.39 is 0 Å². The Hall–Kier alpha value is -8.34. The fourth-order valence-corrected chi connectivity index (χ4v) is 9.59. The topological polar surface area (TPSA) is 42.7 Å². The van der Waals surface area contributed by atoms with Gasteiger partial charge in [0.2, 0.25) is 0 Å². The number of benzene rings is 10. The second kappa shape index (κ2) is 13.6. The van der Waals surface area contributed by atoms with Crippen LogP contribution in [0.5, 0.6) is 0 Å². The van der Waals surface area contributed by atoms with Gasteiger partial charge >= 0.3 is 0 Å². The number of fused-ring (bicyclic) bond motifs is 12. The summed E-state index contributed by atoms with van der Waals surface area (Å²) >= 11 is 0. The predicted octanol–water partition coefficient (Wildman–Crippen LogP) is 17.0. The van der Waals surface area contributed by atoms with E-state index in [0.717, 1.165) is 116 Å². The molecule has 0 unspecified atom stereocenters. The van der Waals surface area contributed by atoms with Gasteiger partial charge in [0.25, 0.3) is 0 Å². The number of rotatable bonds is 6. The van der Waals surface area contributed by atoms with Gasteiger partial charge < -0.3 is 18.2 Å². The zero-order chi connectivity index (χ0) is 40.7. The molecule has 290 valence electrons. The van der Waals surface area contributed by atoms with Gasteiger partial charge in [-0.1, -0.05) is 140 Å². The van der Waals surface area contributed by atoms with Gasteiger partial charge in [-0.2, -0.15) is 0 Å². The van der Waals surface area contributed by atoms with Crippen molar-refractivity contribution >= 4 is 93.5 Å². The average Bonchev–Trinajstić information content (AvgIpc) is 4.04. The molecular weight excluding hydrogens is 759 g/mol. The van der Waals surface area contributed by atoms with Gasteiger partial charge in [0, 0.05) is 72.6 Å². The summed E-state index contributed by atoms with van der Waals surface area (Å²) in [4.78, 5) is 2.28. The van der Waals surface area contributed by atoms with Crippen LogP contribution in [-0.2, 0) is 0 Å². The van der Waals surface area contributed by atoms with E-state index in [2.05, 4.69) is 187 Å². The Morgan fingerprint density at radius 1 is 0.274 bits per heavy atom. The van der Waals surface area contributed by atoms with Crippen LogP contribution in [0.4, 0.5) is 17.1 Å². The van der Waals surface area contributed by atoms with Crippen LogP contribution in [-0.4, -0.2) is 0 Å². The Labute approximate surface area is 356 Å². The summed E-state index contributed by atoms with van der Waals surface area (Å²) in [6.07, 6.45) is 0. The van der Waals surface area contributed by atoms with Crippen LogP contribution in [0.1, 0.15) is 0 Å². The van der Waals surface area contributed by atoms with E-state index in [1.54, 1.807) is 0 Å². The Bertz CT molecular complexity index is 3740. The maximum atomic E-state index is 7.00. The first-order valence-electron chi connectivity index (χ1n) is 21.0. The molecule has 10 aromatic carbocycles. The summed E-state index contributed by atoms with van der Waals surface area (Å²) < 4.78 is 19.8. The normalized spacial score (nSPS) is 11.9. The third kappa shape index (κ3) is 5.33. The van der Waals surface area contributed by atoms with Crippen molar-refractivity contribution in [1.82, 2.24) is 0 Å². The van der Waals surface area contributed by atoms with Crippen LogP contribution >= 0.6 is 0 Å². The zero-order valence-corrected chi connectivity index (χ0v) is 33.4. The molecule has 0 radical (unpaired) electrons. The maximum Gasteiger partial charge on any atom is 0.143 e. The van der Waals surface area contributed by atoms with E-state index in [-0.39, 0.29) is 0 Å². The highest BCUT2D eigenvalue weighted by molar-refractivity contribution is 6.29. The molecule has 0 saturated heterocycles. The predicted molar refractivity (Wildman–Crippen MR) is 257 cm³/mol. The number of furan rings is 3. The van der Waals surface area contributed by atoms with Crippen molar-refractivity contribution in [2.75, 3.05) is 4.90 Å². The summed E-state index contributed by atoms with van der Waals surface area (Å²) in [6.45, 7) is 0. The number of nitrogens with zero attached hydrogens (tertiary/aromatic N) is 1.